The van der Waals surface area contributed by atoms with Crippen LogP contribution in [0, 0.1) is 25.5 Å². The van der Waals surface area contributed by atoms with Gasteiger partial charge in [-0.25, -0.2) is 8.78 Å². The van der Waals surface area contributed by atoms with E-state index in [1.54, 1.807) is 38.2 Å². The van der Waals surface area contributed by atoms with Crippen LogP contribution < -0.4 is 15.0 Å². The fourth-order valence-corrected chi connectivity index (χ4v) is 4.66. The average Bonchev–Trinajstić information content (AvgIpc) is 3.36. The quantitative estimate of drug-likeness (QED) is 0.308. The second-order valence-electron chi connectivity index (χ2n) is 8.94. The van der Waals surface area contributed by atoms with Crippen molar-refractivity contribution in [1.82, 2.24) is 14.5 Å². The van der Waals surface area contributed by atoms with Crippen molar-refractivity contribution in [3.8, 4) is 28.4 Å². The van der Waals surface area contributed by atoms with Gasteiger partial charge in [-0.05, 0) is 31.5 Å². The summed E-state index contributed by atoms with van der Waals surface area (Å²) in [5.74, 6) is -2.04. The lowest BCUT2D eigenvalue weighted by molar-refractivity contribution is -0.142. The van der Waals surface area contributed by atoms with E-state index in [0.717, 1.165) is 6.20 Å². The highest BCUT2D eigenvalue weighted by Crippen LogP contribution is 2.42. The second kappa shape index (κ2) is 10.5. The summed E-state index contributed by atoms with van der Waals surface area (Å²) in [6.07, 6.45) is 2.50. The first-order valence-corrected chi connectivity index (χ1v) is 12.2. The molecule has 0 saturated heterocycles. The van der Waals surface area contributed by atoms with Crippen molar-refractivity contribution in [3.63, 3.8) is 0 Å². The van der Waals surface area contributed by atoms with Gasteiger partial charge in [-0.1, -0.05) is 23.7 Å². The van der Waals surface area contributed by atoms with Gasteiger partial charge >= 0.3 is 5.97 Å². The molecule has 0 saturated carbocycles. The van der Waals surface area contributed by atoms with E-state index in [4.69, 9.17) is 25.8 Å². The molecule has 4 aromatic rings. The number of esters is 1. The minimum Gasteiger partial charge on any atom is -0.491 e. The van der Waals surface area contributed by atoms with Crippen LogP contribution in [0.3, 0.4) is 0 Å². The predicted octanol–water partition coefficient (Wildman–Crippen LogP) is 5.07. The molecule has 39 heavy (non-hydrogen) atoms. The SMILES string of the molecule is COC(=O)C1COc2c(-c3cc(-n4c(C)cc(OCc5ncc(F)cc5F)c(Cl)c4=O)c(C)cn3)cccc21. The van der Waals surface area contributed by atoms with Crippen molar-refractivity contribution in [2.24, 2.45) is 0 Å². The van der Waals surface area contributed by atoms with Crippen molar-refractivity contribution in [1.29, 1.82) is 0 Å². The molecule has 0 fully saturated rings. The maximum atomic E-state index is 14.0. The van der Waals surface area contributed by atoms with Gasteiger partial charge in [-0.15, -0.1) is 0 Å². The van der Waals surface area contributed by atoms with Gasteiger partial charge in [0.25, 0.3) is 5.56 Å². The summed E-state index contributed by atoms with van der Waals surface area (Å²) < 4.78 is 44.9. The third-order valence-corrected chi connectivity index (χ3v) is 6.79. The number of aryl methyl sites for hydroxylation is 2. The molecule has 1 aliphatic heterocycles. The molecule has 8 nitrogen and oxygen atoms in total. The molecular weight excluding hydrogens is 532 g/mol. The average molecular weight is 554 g/mol. The topological polar surface area (TPSA) is 92.5 Å². The van der Waals surface area contributed by atoms with E-state index in [9.17, 15) is 18.4 Å². The largest absolute Gasteiger partial charge is 0.491 e. The van der Waals surface area contributed by atoms with Gasteiger partial charge in [0, 0.05) is 35.2 Å². The molecule has 1 atom stereocenters. The zero-order valence-corrected chi connectivity index (χ0v) is 21.9. The Morgan fingerprint density at radius 1 is 1.18 bits per heavy atom. The van der Waals surface area contributed by atoms with E-state index < -0.39 is 23.1 Å². The molecule has 1 aliphatic rings. The zero-order chi connectivity index (χ0) is 27.8. The first kappa shape index (κ1) is 26.3. The van der Waals surface area contributed by atoms with Crippen LogP contribution in [0.5, 0.6) is 11.5 Å². The highest BCUT2D eigenvalue weighted by atomic mass is 35.5. The molecule has 200 valence electrons. The van der Waals surface area contributed by atoms with E-state index >= 15 is 0 Å². The van der Waals surface area contributed by atoms with Crippen LogP contribution in [0.4, 0.5) is 8.78 Å². The number of aromatic nitrogens is 3. The summed E-state index contributed by atoms with van der Waals surface area (Å²) >= 11 is 6.38. The van der Waals surface area contributed by atoms with Crippen molar-refractivity contribution in [3.05, 3.63) is 98.3 Å². The number of hydrogen-bond acceptors (Lipinski definition) is 7. The van der Waals surface area contributed by atoms with Crippen LogP contribution in [-0.2, 0) is 16.1 Å². The number of nitrogens with zero attached hydrogens (tertiary/aromatic N) is 3. The highest BCUT2D eigenvalue weighted by Gasteiger charge is 2.33. The van der Waals surface area contributed by atoms with Crippen LogP contribution in [0.25, 0.3) is 16.9 Å². The minimum atomic E-state index is -0.870. The van der Waals surface area contributed by atoms with Crippen LogP contribution in [0.15, 0.2) is 53.6 Å². The first-order valence-electron chi connectivity index (χ1n) is 11.9. The summed E-state index contributed by atoms with van der Waals surface area (Å²) in [4.78, 5) is 33.8. The monoisotopic (exact) mass is 553 g/mol. The molecule has 1 unspecified atom stereocenters. The second-order valence-corrected chi connectivity index (χ2v) is 9.32. The summed E-state index contributed by atoms with van der Waals surface area (Å²) in [7, 11) is 1.33. The molecule has 0 amide bonds. The number of rotatable bonds is 6. The van der Waals surface area contributed by atoms with Crippen molar-refractivity contribution in [2.45, 2.75) is 26.4 Å². The van der Waals surface area contributed by atoms with E-state index in [-0.39, 0.29) is 35.6 Å². The van der Waals surface area contributed by atoms with Gasteiger partial charge in [-0.3, -0.25) is 24.1 Å². The summed E-state index contributed by atoms with van der Waals surface area (Å²) in [6.45, 7) is 3.31. The smallest absolute Gasteiger partial charge is 0.316 e. The third kappa shape index (κ3) is 4.83. The molecule has 0 N–H and O–H groups in total. The molecule has 1 aromatic carbocycles. The number of halogens is 3. The molecular formula is C28H22ClF2N3O5. The Balaban J connectivity index is 1.51. The normalized spacial score (nSPS) is 14.1. The lowest BCUT2D eigenvalue weighted by Gasteiger charge is -2.17. The Hall–Kier alpha value is -4.31. The van der Waals surface area contributed by atoms with E-state index in [1.807, 2.05) is 12.1 Å². The van der Waals surface area contributed by atoms with Crippen LogP contribution >= 0.6 is 11.6 Å². The lowest BCUT2D eigenvalue weighted by Crippen LogP contribution is -2.23. The van der Waals surface area contributed by atoms with E-state index in [2.05, 4.69) is 9.97 Å². The van der Waals surface area contributed by atoms with Gasteiger partial charge < -0.3 is 14.2 Å². The molecule has 5 rings (SSSR count). The Morgan fingerprint density at radius 3 is 2.72 bits per heavy atom. The number of fused-ring (bicyclic) bond motifs is 1. The maximum absolute atomic E-state index is 14.0. The Labute approximate surface area is 226 Å². The van der Waals surface area contributed by atoms with Gasteiger partial charge in [-0.2, -0.15) is 0 Å². The number of benzene rings is 1. The number of pyridine rings is 3. The van der Waals surface area contributed by atoms with E-state index in [1.165, 1.54) is 11.7 Å². The number of para-hydroxylation sites is 1. The van der Waals surface area contributed by atoms with Crippen LogP contribution in [-0.4, -0.2) is 34.2 Å². The van der Waals surface area contributed by atoms with Crippen molar-refractivity contribution < 1.29 is 27.8 Å². The molecule has 0 bridgehead atoms. The van der Waals surface area contributed by atoms with Crippen LogP contribution in [0.2, 0.25) is 5.02 Å². The molecule has 0 radical (unpaired) electrons. The molecule has 4 heterocycles. The third-order valence-electron chi connectivity index (χ3n) is 6.44. The van der Waals surface area contributed by atoms with Crippen molar-refractivity contribution >= 4 is 17.6 Å². The van der Waals surface area contributed by atoms with E-state index in [0.29, 0.717) is 45.6 Å². The van der Waals surface area contributed by atoms with Gasteiger partial charge in [0.2, 0.25) is 0 Å². The summed E-state index contributed by atoms with van der Waals surface area (Å²) in [5, 5.41) is -0.217. The fraction of sp³-hybridized carbons (Fsp3) is 0.214. The number of hydrogen-bond donors (Lipinski definition) is 0. The Kier molecular flexibility index (Phi) is 7.05. The predicted molar refractivity (Wildman–Crippen MR) is 138 cm³/mol. The number of methoxy groups -OCH3 is 1. The maximum Gasteiger partial charge on any atom is 0.316 e. The number of carbonyl (C=O) groups is 1. The highest BCUT2D eigenvalue weighted by molar-refractivity contribution is 6.31. The molecule has 0 spiro atoms. The summed E-state index contributed by atoms with van der Waals surface area (Å²) in [6, 6.07) is 9.42. The fourth-order valence-electron chi connectivity index (χ4n) is 4.47. The van der Waals surface area contributed by atoms with Gasteiger partial charge in [0.15, 0.2) is 5.82 Å². The molecule has 3 aromatic heterocycles. The Bertz CT molecular complexity index is 1670. The lowest BCUT2D eigenvalue weighted by atomic mass is 9.97. The Morgan fingerprint density at radius 2 is 1.97 bits per heavy atom. The summed E-state index contributed by atoms with van der Waals surface area (Å²) in [5.41, 5.74) is 2.93. The number of ether oxygens (including phenoxy) is 3. The van der Waals surface area contributed by atoms with Crippen molar-refractivity contribution in [2.75, 3.05) is 13.7 Å². The standard InChI is InChI=1S/C28H22ClF2N3O5/c1-14-10-32-21(18-6-4-5-17-19(28(36)37-3)12-39-26(17)18)9-23(14)34-15(2)7-24(25(29)27(34)35)38-13-22-20(31)8-16(30)11-33-22/h4-11,19H,12-13H2,1-3H3. The number of carbonyl (C=O) groups excluding carboxylic acids is 1. The van der Waals surface area contributed by atoms with Gasteiger partial charge in [0.05, 0.1) is 24.7 Å². The molecule has 11 heteroatoms. The van der Waals surface area contributed by atoms with Gasteiger partial charge in [0.1, 0.15) is 47.2 Å². The van der Waals surface area contributed by atoms with Crippen LogP contribution in [0.1, 0.15) is 28.4 Å². The molecule has 0 aliphatic carbocycles. The minimum absolute atomic E-state index is 0.0380. The first-order chi connectivity index (χ1) is 18.7. The zero-order valence-electron chi connectivity index (χ0n) is 21.1.